The molecule has 4 heteroatoms. The zero-order valence-electron chi connectivity index (χ0n) is 11.9. The average molecular weight is 262 g/mol. The molecule has 0 bridgehead atoms. The van der Waals surface area contributed by atoms with E-state index in [0.717, 1.165) is 18.5 Å². The third-order valence-corrected chi connectivity index (χ3v) is 3.61. The number of hydrogen-bond acceptors (Lipinski definition) is 3. The highest BCUT2D eigenvalue weighted by Gasteiger charge is 2.24. The highest BCUT2D eigenvalue weighted by atomic mass is 16.6. The quantitative estimate of drug-likeness (QED) is 0.821. The molecule has 4 nitrogen and oxygen atoms in total. The first-order chi connectivity index (χ1) is 9.09. The smallest absolute Gasteiger partial charge is 0.410 e. The van der Waals surface area contributed by atoms with Gasteiger partial charge in [0.15, 0.2) is 0 Å². The minimum Gasteiger partial charge on any atom is -0.410 e. The van der Waals surface area contributed by atoms with E-state index in [1.54, 1.807) is 14.1 Å². The van der Waals surface area contributed by atoms with Gasteiger partial charge in [-0.15, -0.1) is 0 Å². The van der Waals surface area contributed by atoms with Crippen molar-refractivity contribution in [1.29, 1.82) is 0 Å². The summed E-state index contributed by atoms with van der Waals surface area (Å²) >= 11 is 0. The van der Waals surface area contributed by atoms with Gasteiger partial charge in [-0.05, 0) is 32.5 Å². The van der Waals surface area contributed by atoms with Crippen LogP contribution in [0.2, 0.25) is 0 Å². The van der Waals surface area contributed by atoms with Crippen molar-refractivity contribution in [3.05, 3.63) is 29.8 Å². The van der Waals surface area contributed by atoms with Crippen molar-refractivity contribution < 1.29 is 9.53 Å². The summed E-state index contributed by atoms with van der Waals surface area (Å²) in [5.41, 5.74) is 1.11. The van der Waals surface area contributed by atoms with Crippen molar-refractivity contribution in [3.8, 4) is 5.75 Å². The number of hydrogen-bond donors (Lipinski definition) is 0. The summed E-state index contributed by atoms with van der Waals surface area (Å²) in [5, 5.41) is 0. The van der Waals surface area contributed by atoms with Crippen LogP contribution in [0.25, 0.3) is 0 Å². The van der Waals surface area contributed by atoms with Crippen LogP contribution in [0.3, 0.4) is 0 Å². The first-order valence-electron chi connectivity index (χ1n) is 6.78. The zero-order valence-corrected chi connectivity index (χ0v) is 11.9. The van der Waals surface area contributed by atoms with Gasteiger partial charge in [0.05, 0.1) is 0 Å². The van der Waals surface area contributed by atoms with E-state index in [9.17, 15) is 4.79 Å². The van der Waals surface area contributed by atoms with Gasteiger partial charge in [-0.25, -0.2) is 4.79 Å². The highest BCUT2D eigenvalue weighted by Crippen LogP contribution is 2.35. The molecule has 19 heavy (non-hydrogen) atoms. The third-order valence-electron chi connectivity index (χ3n) is 3.61. The second-order valence-electron chi connectivity index (χ2n) is 5.29. The second-order valence-corrected chi connectivity index (χ2v) is 5.29. The maximum Gasteiger partial charge on any atom is 0.414 e. The molecule has 1 aliphatic rings. The fraction of sp³-hybridized carbons (Fsp3) is 0.533. The van der Waals surface area contributed by atoms with Gasteiger partial charge in [0.1, 0.15) is 5.75 Å². The van der Waals surface area contributed by atoms with E-state index in [1.165, 1.54) is 17.7 Å². The molecule has 1 fully saturated rings. The van der Waals surface area contributed by atoms with Gasteiger partial charge in [0.25, 0.3) is 0 Å². The van der Waals surface area contributed by atoms with Gasteiger partial charge in [-0.2, -0.15) is 0 Å². The Labute approximate surface area is 115 Å². The summed E-state index contributed by atoms with van der Waals surface area (Å²) in [4.78, 5) is 15.5. The number of carbonyl (C=O) groups is 1. The lowest BCUT2D eigenvalue weighted by atomic mass is 9.95. The molecule has 104 valence electrons. The maximum atomic E-state index is 11.7. The topological polar surface area (TPSA) is 32.8 Å². The van der Waals surface area contributed by atoms with Crippen LogP contribution >= 0.6 is 0 Å². The summed E-state index contributed by atoms with van der Waals surface area (Å²) in [5.74, 6) is 0.681. The lowest BCUT2D eigenvalue weighted by molar-refractivity contribution is 0.164. The van der Waals surface area contributed by atoms with E-state index in [1.807, 2.05) is 18.2 Å². The van der Waals surface area contributed by atoms with E-state index in [4.69, 9.17) is 4.74 Å². The average Bonchev–Trinajstić information content (AvgIpc) is 2.40. The van der Waals surface area contributed by atoms with Gasteiger partial charge in [0, 0.05) is 25.7 Å². The van der Waals surface area contributed by atoms with Crippen LogP contribution < -0.4 is 4.74 Å². The Hall–Kier alpha value is -1.55. The molecule has 1 unspecified atom stereocenters. The number of carbonyl (C=O) groups excluding carboxylic acids is 1. The molecular weight excluding hydrogens is 240 g/mol. The SMILES string of the molecule is CN(C)C(=O)Oc1ccccc1C1CCCCN1C. The van der Waals surface area contributed by atoms with Crippen LogP contribution in [0, 0.1) is 0 Å². The summed E-state index contributed by atoms with van der Waals surface area (Å²) in [6, 6.07) is 8.19. The number of benzene rings is 1. The molecule has 0 radical (unpaired) electrons. The fourth-order valence-electron chi connectivity index (χ4n) is 2.50. The Balaban J connectivity index is 2.22. The van der Waals surface area contributed by atoms with Crippen molar-refractivity contribution in [2.24, 2.45) is 0 Å². The fourth-order valence-corrected chi connectivity index (χ4v) is 2.50. The monoisotopic (exact) mass is 262 g/mol. The number of rotatable bonds is 2. The van der Waals surface area contributed by atoms with Crippen molar-refractivity contribution in [2.45, 2.75) is 25.3 Å². The van der Waals surface area contributed by atoms with Crippen molar-refractivity contribution in [3.63, 3.8) is 0 Å². The Morgan fingerprint density at radius 2 is 2.05 bits per heavy atom. The van der Waals surface area contributed by atoms with Gasteiger partial charge in [-0.3, -0.25) is 4.90 Å². The third kappa shape index (κ3) is 3.26. The molecule has 1 aromatic carbocycles. The molecule has 1 amide bonds. The van der Waals surface area contributed by atoms with Crippen molar-refractivity contribution in [2.75, 3.05) is 27.7 Å². The van der Waals surface area contributed by atoms with Crippen LogP contribution in [-0.2, 0) is 0 Å². The zero-order chi connectivity index (χ0) is 13.8. The van der Waals surface area contributed by atoms with Crippen LogP contribution in [0.15, 0.2) is 24.3 Å². The Bertz CT molecular complexity index is 446. The summed E-state index contributed by atoms with van der Waals surface area (Å²) in [7, 11) is 5.52. The van der Waals surface area contributed by atoms with Crippen LogP contribution in [-0.4, -0.2) is 43.6 Å². The number of para-hydroxylation sites is 1. The van der Waals surface area contributed by atoms with Crippen molar-refractivity contribution in [1.82, 2.24) is 9.80 Å². The van der Waals surface area contributed by atoms with Crippen LogP contribution in [0.1, 0.15) is 30.9 Å². The molecule has 0 aromatic heterocycles. The van der Waals surface area contributed by atoms with E-state index < -0.39 is 0 Å². The van der Waals surface area contributed by atoms with E-state index in [0.29, 0.717) is 11.8 Å². The predicted molar refractivity (Wildman–Crippen MR) is 75.4 cm³/mol. The number of nitrogens with zero attached hydrogens (tertiary/aromatic N) is 2. The summed E-state index contributed by atoms with van der Waals surface area (Å²) in [6.07, 6.45) is 3.26. The minimum atomic E-state index is -0.328. The lowest BCUT2D eigenvalue weighted by Crippen LogP contribution is -2.31. The standard InChI is InChI=1S/C15H22N2O2/c1-16(2)15(18)19-14-10-5-4-8-12(14)13-9-6-7-11-17(13)3/h4-5,8,10,13H,6-7,9,11H2,1-3H3. The molecule has 0 aliphatic carbocycles. The molecule has 0 spiro atoms. The number of amides is 1. The normalized spacial score (nSPS) is 20.1. The van der Waals surface area contributed by atoms with E-state index in [-0.39, 0.29) is 6.09 Å². The maximum absolute atomic E-state index is 11.7. The second kappa shape index (κ2) is 6.06. The Morgan fingerprint density at radius 3 is 2.74 bits per heavy atom. The molecule has 1 heterocycles. The number of likely N-dealkylation sites (tertiary alicyclic amines) is 1. The molecular formula is C15H22N2O2. The number of ether oxygens (including phenoxy) is 1. The van der Waals surface area contributed by atoms with Crippen molar-refractivity contribution >= 4 is 6.09 Å². The molecule has 1 aromatic rings. The van der Waals surface area contributed by atoms with E-state index in [2.05, 4.69) is 18.0 Å². The molecule has 0 saturated carbocycles. The Kier molecular flexibility index (Phi) is 4.43. The van der Waals surface area contributed by atoms with Crippen LogP contribution in [0.4, 0.5) is 4.79 Å². The first-order valence-corrected chi connectivity index (χ1v) is 6.78. The lowest BCUT2D eigenvalue weighted by Gasteiger charge is -2.33. The summed E-state index contributed by atoms with van der Waals surface area (Å²) in [6.45, 7) is 1.10. The molecule has 1 saturated heterocycles. The summed E-state index contributed by atoms with van der Waals surface area (Å²) < 4.78 is 5.47. The van der Waals surface area contributed by atoms with E-state index >= 15 is 0 Å². The molecule has 1 aliphatic heterocycles. The number of piperidine rings is 1. The van der Waals surface area contributed by atoms with Gasteiger partial charge >= 0.3 is 6.09 Å². The van der Waals surface area contributed by atoms with Gasteiger partial charge in [0.2, 0.25) is 0 Å². The first kappa shape index (κ1) is 13.9. The highest BCUT2D eigenvalue weighted by molar-refractivity contribution is 5.70. The molecule has 0 N–H and O–H groups in total. The molecule has 2 rings (SSSR count). The largest absolute Gasteiger partial charge is 0.414 e. The predicted octanol–water partition coefficient (Wildman–Crippen LogP) is 2.90. The Morgan fingerprint density at radius 1 is 1.32 bits per heavy atom. The minimum absolute atomic E-state index is 0.328. The van der Waals surface area contributed by atoms with Gasteiger partial charge < -0.3 is 9.64 Å². The molecule has 1 atom stereocenters. The van der Waals surface area contributed by atoms with Gasteiger partial charge in [-0.1, -0.05) is 24.6 Å². The van der Waals surface area contributed by atoms with Crippen LogP contribution in [0.5, 0.6) is 5.75 Å².